The third kappa shape index (κ3) is 9.43. The molecule has 1 fully saturated rings. The van der Waals surface area contributed by atoms with E-state index in [0.717, 1.165) is 48.0 Å². The van der Waals surface area contributed by atoms with Crippen molar-refractivity contribution in [3.05, 3.63) is 115 Å². The number of aliphatic hydroxyl groups is 2. The van der Waals surface area contributed by atoms with E-state index in [2.05, 4.69) is 41.0 Å². The number of aliphatic hydroxyl groups excluding tert-OH is 2. The van der Waals surface area contributed by atoms with E-state index in [-0.39, 0.29) is 55.4 Å². The van der Waals surface area contributed by atoms with Gasteiger partial charge in [-0.15, -0.1) is 18.3 Å². The number of benzene rings is 3. The molecule has 0 saturated heterocycles. The van der Waals surface area contributed by atoms with Crippen LogP contribution in [-0.4, -0.2) is 91.3 Å². The average molecular weight is 870 g/mol. The fourth-order valence-electron chi connectivity index (χ4n) is 9.73. The third-order valence-electron chi connectivity index (χ3n) is 12.2. The molecule has 0 bridgehead atoms. The number of allylic oxidation sites excluding steroid dienone is 1. The molecule has 2 heterocycles. The van der Waals surface area contributed by atoms with E-state index < -0.39 is 27.8 Å². The average Bonchev–Trinajstić information content (AvgIpc) is 3.28. The van der Waals surface area contributed by atoms with Crippen LogP contribution in [0.5, 0.6) is 11.5 Å². The lowest BCUT2D eigenvalue weighted by atomic mass is 9.55. The van der Waals surface area contributed by atoms with E-state index in [0.29, 0.717) is 48.6 Å². The maximum Gasteiger partial charge on any atom is 0.245 e. The number of ether oxygens (including phenoxy) is 3. The molecular formula is C48H59N3O8S2. The molecule has 0 radical (unpaired) electrons. The van der Waals surface area contributed by atoms with Crippen LogP contribution in [0.2, 0.25) is 0 Å². The second-order valence-corrected chi connectivity index (χ2v) is 18.9. The number of oxime groups is 1. The first-order valence-corrected chi connectivity index (χ1v) is 24.0. The molecular weight excluding hydrogens is 811 g/mol. The van der Waals surface area contributed by atoms with Crippen molar-refractivity contribution >= 4 is 38.4 Å². The number of sulfonamides is 1. The topological polar surface area (TPSA) is 140 Å². The summed E-state index contributed by atoms with van der Waals surface area (Å²) in [5, 5.41) is 25.2. The largest absolute Gasteiger partial charge is 0.493 e. The van der Waals surface area contributed by atoms with Crippen LogP contribution in [0.3, 0.4) is 0 Å². The van der Waals surface area contributed by atoms with Gasteiger partial charge in [0.05, 0.1) is 36.4 Å². The number of hydrogen-bond acceptors (Lipinski definition) is 11. The summed E-state index contributed by atoms with van der Waals surface area (Å²) >= 11 is 1.74. The lowest BCUT2D eigenvalue weighted by molar-refractivity contribution is -0.251. The highest BCUT2D eigenvalue weighted by molar-refractivity contribution is 7.99. The number of nitrogens with zero attached hydrogens (tertiary/aromatic N) is 3. The second kappa shape index (κ2) is 20.8. The van der Waals surface area contributed by atoms with Crippen LogP contribution in [0.25, 0.3) is 10.9 Å². The summed E-state index contributed by atoms with van der Waals surface area (Å²) in [7, 11) is -2.72. The molecule has 1 aromatic heterocycles. The summed E-state index contributed by atoms with van der Waals surface area (Å²) in [4.78, 5) is 11.4. The highest BCUT2D eigenvalue weighted by Crippen LogP contribution is 2.62. The van der Waals surface area contributed by atoms with Crippen molar-refractivity contribution in [1.29, 1.82) is 0 Å². The summed E-state index contributed by atoms with van der Waals surface area (Å²) in [6.07, 6.45) is 10.8. The first kappa shape index (κ1) is 44.8. The van der Waals surface area contributed by atoms with Crippen LogP contribution < -0.4 is 9.47 Å². The highest BCUT2D eigenvalue weighted by atomic mass is 32.2. The van der Waals surface area contributed by atoms with Gasteiger partial charge in [0.1, 0.15) is 23.5 Å². The minimum Gasteiger partial charge on any atom is -0.493 e. The van der Waals surface area contributed by atoms with Crippen molar-refractivity contribution in [2.75, 3.05) is 45.8 Å². The number of rotatable bonds is 22. The smallest absolute Gasteiger partial charge is 0.245 e. The molecule has 4 aromatic rings. The summed E-state index contributed by atoms with van der Waals surface area (Å²) < 4.78 is 53.2. The molecule has 326 valence electrons. The molecule has 0 amide bonds. The van der Waals surface area contributed by atoms with Gasteiger partial charge >= 0.3 is 0 Å². The van der Waals surface area contributed by atoms with Crippen LogP contribution in [-0.2, 0) is 19.6 Å². The molecule has 13 heteroatoms. The van der Waals surface area contributed by atoms with Crippen LogP contribution >= 0.6 is 11.8 Å². The van der Waals surface area contributed by atoms with Crippen LogP contribution in [0.15, 0.2) is 124 Å². The van der Waals surface area contributed by atoms with E-state index in [1.165, 1.54) is 12.0 Å². The predicted molar refractivity (Wildman–Crippen MR) is 241 cm³/mol. The van der Waals surface area contributed by atoms with Gasteiger partial charge in [-0.25, -0.2) is 8.42 Å². The van der Waals surface area contributed by atoms with Crippen molar-refractivity contribution in [3.63, 3.8) is 0 Å². The van der Waals surface area contributed by atoms with Gasteiger partial charge in [0, 0.05) is 59.9 Å². The van der Waals surface area contributed by atoms with E-state index in [1.54, 1.807) is 46.5 Å². The van der Waals surface area contributed by atoms with Gasteiger partial charge in [0.15, 0.2) is 0 Å². The Bertz CT molecular complexity index is 2270. The molecule has 3 aromatic carbocycles. The number of fused-ring (bicyclic) bond motifs is 3. The Morgan fingerprint density at radius 2 is 1.80 bits per heavy atom. The Labute approximate surface area is 364 Å². The Morgan fingerprint density at radius 3 is 2.56 bits per heavy atom. The number of pyridine rings is 1. The number of aromatic nitrogens is 1. The molecule has 2 N–H and O–H groups in total. The van der Waals surface area contributed by atoms with Gasteiger partial charge in [0.2, 0.25) is 15.8 Å². The van der Waals surface area contributed by atoms with Gasteiger partial charge in [-0.3, -0.25) is 4.98 Å². The minimum absolute atomic E-state index is 0.0401. The zero-order chi connectivity index (χ0) is 42.8. The monoisotopic (exact) mass is 869 g/mol. The van der Waals surface area contributed by atoms with Gasteiger partial charge in [-0.05, 0) is 92.0 Å². The molecule has 61 heavy (non-hydrogen) atoms. The van der Waals surface area contributed by atoms with Crippen LogP contribution in [0.1, 0.15) is 69.8 Å². The SMILES string of the molecule is C=CCOC12Oc3ccc(OCCSc4ccccc4)cc3C3C(CCCCO)C(CCCCO)C=C(C(=NOC)CC1N(CCC)S(=O)(=O)c1cccc4cccnc14)C32. The molecule has 1 saturated carbocycles. The van der Waals surface area contributed by atoms with Crippen molar-refractivity contribution < 1.29 is 37.7 Å². The molecule has 6 unspecified atom stereocenters. The third-order valence-corrected chi connectivity index (χ3v) is 15.1. The van der Waals surface area contributed by atoms with E-state index >= 15 is 8.42 Å². The van der Waals surface area contributed by atoms with Crippen molar-refractivity contribution in [3.8, 4) is 11.5 Å². The number of para-hydroxylation sites is 1. The van der Waals surface area contributed by atoms with E-state index in [4.69, 9.17) is 19.0 Å². The van der Waals surface area contributed by atoms with E-state index in [1.807, 2.05) is 49.4 Å². The normalized spacial score (nSPS) is 23.9. The van der Waals surface area contributed by atoms with Crippen molar-refractivity contribution in [2.24, 2.45) is 22.9 Å². The molecule has 1 aliphatic heterocycles. The van der Waals surface area contributed by atoms with Gasteiger partial charge in [-0.2, -0.15) is 4.31 Å². The maximum absolute atomic E-state index is 15.4. The van der Waals surface area contributed by atoms with Gasteiger partial charge < -0.3 is 29.3 Å². The van der Waals surface area contributed by atoms with Gasteiger partial charge in [-0.1, -0.05) is 73.5 Å². The molecule has 7 rings (SSSR count). The maximum atomic E-state index is 15.4. The highest BCUT2D eigenvalue weighted by Gasteiger charge is 2.66. The molecule has 2 aliphatic carbocycles. The summed E-state index contributed by atoms with van der Waals surface area (Å²) in [6, 6.07) is 24.2. The number of hydrogen-bond donors (Lipinski definition) is 2. The second-order valence-electron chi connectivity index (χ2n) is 15.9. The Morgan fingerprint density at radius 1 is 1.02 bits per heavy atom. The van der Waals surface area contributed by atoms with Crippen LogP contribution in [0, 0.1) is 17.8 Å². The predicted octanol–water partition coefficient (Wildman–Crippen LogP) is 8.77. The lowest BCUT2D eigenvalue weighted by Crippen LogP contribution is -2.70. The summed E-state index contributed by atoms with van der Waals surface area (Å²) in [5.74, 6) is -0.0755. The Balaban J connectivity index is 1.40. The first-order valence-electron chi connectivity index (χ1n) is 21.6. The summed E-state index contributed by atoms with van der Waals surface area (Å²) in [5.41, 5.74) is 2.91. The minimum atomic E-state index is -4.24. The summed E-state index contributed by atoms with van der Waals surface area (Å²) in [6.45, 7) is 6.95. The fraction of sp³-hybridized carbons (Fsp3) is 0.458. The van der Waals surface area contributed by atoms with Crippen molar-refractivity contribution in [1.82, 2.24) is 9.29 Å². The standard InChI is InChI=1S/C48H59N3O8S2/c1-4-25-51(61(54,55)43-21-13-16-34-17-14-24-49-47(34)43)44-33-41(50-56-3)39-31-35(15-9-11-26-52)38(20-10-12-27-53)45-40-32-36(57-29-30-60-37-18-7-6-8-19-37)22-23-42(40)59-48(44,46(39)45)58-28-5-2/h5-8,13-14,16-19,21-24,31-32,35,38,44-46,52-53H,2,4,9-12,15,20,25-30,33H2,1,3H3. The quantitative estimate of drug-likeness (QED) is 0.0341. The molecule has 0 spiro atoms. The zero-order valence-corrected chi connectivity index (χ0v) is 36.9. The van der Waals surface area contributed by atoms with Crippen molar-refractivity contribution in [2.45, 2.75) is 85.8 Å². The Kier molecular flexibility index (Phi) is 15.2. The lowest BCUT2D eigenvalue weighted by Gasteiger charge is -2.59. The fourth-order valence-corrected chi connectivity index (χ4v) is 12.4. The molecule has 6 atom stereocenters. The Hall–Kier alpha value is -4.24. The van der Waals surface area contributed by atoms with E-state index in [9.17, 15) is 10.2 Å². The van der Waals surface area contributed by atoms with Crippen LogP contribution in [0.4, 0.5) is 0 Å². The number of unbranched alkanes of at least 4 members (excludes halogenated alkanes) is 2. The van der Waals surface area contributed by atoms with Gasteiger partial charge in [0.25, 0.3) is 0 Å². The first-order chi connectivity index (χ1) is 29.8. The number of thioether (sulfide) groups is 1. The zero-order valence-electron chi connectivity index (χ0n) is 35.2. The molecule has 11 nitrogen and oxygen atoms in total. The molecule has 3 aliphatic rings.